The zero-order chi connectivity index (χ0) is 13.9. The van der Waals surface area contributed by atoms with E-state index in [2.05, 4.69) is 0 Å². The molecule has 0 aromatic heterocycles. The van der Waals surface area contributed by atoms with Crippen molar-refractivity contribution in [1.82, 2.24) is 0 Å². The fraction of sp³-hybridized carbons (Fsp3) is 0.615. The molecule has 0 fully saturated rings. The average molecular weight is 253 g/mol. The summed E-state index contributed by atoms with van der Waals surface area (Å²) in [6, 6.07) is 0. The van der Waals surface area contributed by atoms with E-state index in [9.17, 15) is 19.5 Å². The molecule has 0 N–H and O–H groups in total. The summed E-state index contributed by atoms with van der Waals surface area (Å²) in [5, 5.41) is 11.0. The van der Waals surface area contributed by atoms with Crippen LogP contribution in [0.15, 0.2) is 12.2 Å². The van der Waals surface area contributed by atoms with E-state index in [0.717, 1.165) is 0 Å². The predicted octanol–water partition coefficient (Wildman–Crippen LogP) is 0.0870. The van der Waals surface area contributed by atoms with Gasteiger partial charge in [0.1, 0.15) is 5.92 Å². The topological polar surface area (TPSA) is 83.5 Å². The van der Waals surface area contributed by atoms with Gasteiger partial charge in [-0.15, -0.1) is 0 Å². The van der Waals surface area contributed by atoms with Crippen molar-refractivity contribution in [3.8, 4) is 0 Å². The molecule has 1 rings (SSSR count). The normalized spacial score (nSPS) is 20.8. The van der Waals surface area contributed by atoms with Gasteiger partial charge in [0.2, 0.25) is 0 Å². The second kappa shape index (κ2) is 5.33. The highest BCUT2D eigenvalue weighted by Crippen LogP contribution is 2.25. The number of carbonyl (C=O) groups excluding carboxylic acids is 3. The Kier molecular flexibility index (Phi) is 4.27. The zero-order valence-electron chi connectivity index (χ0n) is 10.8. The fourth-order valence-electron chi connectivity index (χ4n) is 1.65. The number of carboxylic acids is 1. The van der Waals surface area contributed by atoms with Gasteiger partial charge in [0.15, 0.2) is 5.78 Å². The molecular weight excluding hydrogens is 236 g/mol. The summed E-state index contributed by atoms with van der Waals surface area (Å²) in [5.74, 6) is -4.59. The molecule has 0 amide bonds. The lowest BCUT2D eigenvalue weighted by atomic mass is 9.91. The van der Waals surface area contributed by atoms with Crippen LogP contribution in [0, 0.1) is 17.3 Å². The zero-order valence-corrected chi connectivity index (χ0v) is 10.8. The molecule has 0 saturated heterocycles. The van der Waals surface area contributed by atoms with Crippen LogP contribution in [0.4, 0.5) is 0 Å². The molecular formula is C13H17O5-. The standard InChI is InChI=1S/C13H18O5/c1-13(2,3)7-18-12(17)10(11(15)16)8-4-5-9(14)6-8/h4-5,8,10H,6-7H2,1-3H3,(H,15,16)/p-1. The van der Waals surface area contributed by atoms with Crippen molar-refractivity contribution in [2.45, 2.75) is 27.2 Å². The second-order valence-electron chi connectivity index (χ2n) is 5.66. The first-order chi connectivity index (χ1) is 8.20. The Hall–Kier alpha value is -1.65. The van der Waals surface area contributed by atoms with Gasteiger partial charge in [0, 0.05) is 12.3 Å². The predicted molar refractivity (Wildman–Crippen MR) is 61.2 cm³/mol. The Morgan fingerprint density at radius 3 is 2.50 bits per heavy atom. The van der Waals surface area contributed by atoms with Gasteiger partial charge in [-0.1, -0.05) is 26.8 Å². The van der Waals surface area contributed by atoms with Gasteiger partial charge in [-0.3, -0.25) is 9.59 Å². The van der Waals surface area contributed by atoms with Gasteiger partial charge in [0.05, 0.1) is 12.6 Å². The first-order valence-corrected chi connectivity index (χ1v) is 5.79. The molecule has 0 aromatic carbocycles. The molecule has 2 unspecified atom stereocenters. The Bertz CT molecular complexity index is 389. The molecule has 0 aliphatic heterocycles. The van der Waals surface area contributed by atoms with E-state index >= 15 is 0 Å². The number of esters is 1. The van der Waals surface area contributed by atoms with E-state index in [1.807, 2.05) is 20.8 Å². The van der Waals surface area contributed by atoms with Crippen molar-refractivity contribution in [3.05, 3.63) is 12.2 Å². The third kappa shape index (κ3) is 3.98. The van der Waals surface area contributed by atoms with Gasteiger partial charge in [-0.05, 0) is 11.5 Å². The molecule has 0 aromatic rings. The number of carboxylic acid groups (broad SMARTS) is 1. The van der Waals surface area contributed by atoms with Crippen molar-refractivity contribution >= 4 is 17.7 Å². The molecule has 0 bridgehead atoms. The minimum atomic E-state index is -1.50. The molecule has 0 spiro atoms. The molecule has 100 valence electrons. The number of ether oxygens (including phenoxy) is 1. The monoisotopic (exact) mass is 253 g/mol. The van der Waals surface area contributed by atoms with Crippen LogP contribution in [-0.2, 0) is 19.1 Å². The Labute approximate surface area is 106 Å². The van der Waals surface area contributed by atoms with Gasteiger partial charge in [-0.2, -0.15) is 0 Å². The quantitative estimate of drug-likeness (QED) is 0.523. The smallest absolute Gasteiger partial charge is 0.315 e. The molecule has 1 aliphatic rings. The van der Waals surface area contributed by atoms with Crippen LogP contribution in [0.2, 0.25) is 0 Å². The summed E-state index contributed by atoms with van der Waals surface area (Å²) in [7, 11) is 0. The number of allylic oxidation sites excluding steroid dienone is 2. The Balaban J connectivity index is 2.68. The van der Waals surface area contributed by atoms with E-state index in [1.165, 1.54) is 12.2 Å². The number of aliphatic carboxylic acids is 1. The van der Waals surface area contributed by atoms with E-state index in [0.29, 0.717) is 0 Å². The van der Waals surface area contributed by atoms with Gasteiger partial charge < -0.3 is 14.6 Å². The highest BCUT2D eigenvalue weighted by Gasteiger charge is 2.33. The molecule has 18 heavy (non-hydrogen) atoms. The molecule has 1 aliphatic carbocycles. The van der Waals surface area contributed by atoms with Gasteiger partial charge in [0.25, 0.3) is 0 Å². The van der Waals surface area contributed by atoms with Gasteiger partial charge in [-0.25, -0.2) is 0 Å². The molecule has 5 nitrogen and oxygen atoms in total. The molecule has 2 atom stereocenters. The highest BCUT2D eigenvalue weighted by atomic mass is 16.5. The fourth-order valence-corrected chi connectivity index (χ4v) is 1.65. The first kappa shape index (κ1) is 14.4. The minimum absolute atomic E-state index is 0.0171. The summed E-state index contributed by atoms with van der Waals surface area (Å²) in [6.45, 7) is 5.73. The van der Waals surface area contributed by atoms with Crippen LogP contribution in [0.5, 0.6) is 0 Å². The van der Waals surface area contributed by atoms with Crippen molar-refractivity contribution in [3.63, 3.8) is 0 Å². The lowest BCUT2D eigenvalue weighted by molar-refractivity contribution is -0.312. The summed E-state index contributed by atoms with van der Waals surface area (Å²) in [5.41, 5.74) is -0.243. The summed E-state index contributed by atoms with van der Waals surface area (Å²) >= 11 is 0. The summed E-state index contributed by atoms with van der Waals surface area (Å²) in [6.07, 6.45) is 2.74. The maximum Gasteiger partial charge on any atom is 0.315 e. The van der Waals surface area contributed by atoms with E-state index in [4.69, 9.17) is 4.74 Å². The van der Waals surface area contributed by atoms with Crippen molar-refractivity contribution < 1.29 is 24.2 Å². The van der Waals surface area contributed by atoms with Gasteiger partial charge >= 0.3 is 5.97 Å². The third-order valence-electron chi connectivity index (χ3n) is 2.55. The van der Waals surface area contributed by atoms with E-state index in [-0.39, 0.29) is 24.2 Å². The highest BCUT2D eigenvalue weighted by molar-refractivity contribution is 5.98. The van der Waals surface area contributed by atoms with Crippen LogP contribution >= 0.6 is 0 Å². The number of hydrogen-bond donors (Lipinski definition) is 0. The maximum absolute atomic E-state index is 11.7. The van der Waals surface area contributed by atoms with Crippen molar-refractivity contribution in [2.24, 2.45) is 17.3 Å². The SMILES string of the molecule is CC(C)(C)COC(=O)C(C(=O)[O-])C1C=CC(=O)C1. The second-order valence-corrected chi connectivity index (χ2v) is 5.66. The van der Waals surface area contributed by atoms with E-state index in [1.54, 1.807) is 0 Å². The lowest BCUT2D eigenvalue weighted by Gasteiger charge is -2.24. The Morgan fingerprint density at radius 2 is 2.11 bits per heavy atom. The first-order valence-electron chi connectivity index (χ1n) is 5.79. The summed E-state index contributed by atoms with van der Waals surface area (Å²) in [4.78, 5) is 33.8. The third-order valence-corrected chi connectivity index (χ3v) is 2.55. The molecule has 5 heteroatoms. The number of hydrogen-bond acceptors (Lipinski definition) is 5. The lowest BCUT2D eigenvalue weighted by Crippen LogP contribution is -2.42. The molecule has 0 saturated carbocycles. The Morgan fingerprint density at radius 1 is 1.50 bits per heavy atom. The van der Waals surface area contributed by atoms with Crippen LogP contribution in [0.25, 0.3) is 0 Å². The van der Waals surface area contributed by atoms with Crippen LogP contribution in [0.3, 0.4) is 0 Å². The average Bonchev–Trinajstić information content (AvgIpc) is 2.60. The maximum atomic E-state index is 11.7. The molecule has 0 heterocycles. The number of rotatable bonds is 4. The minimum Gasteiger partial charge on any atom is -0.549 e. The van der Waals surface area contributed by atoms with Crippen molar-refractivity contribution in [2.75, 3.05) is 6.61 Å². The molecule has 0 radical (unpaired) electrons. The number of carbonyl (C=O) groups is 3. The van der Waals surface area contributed by atoms with Crippen LogP contribution in [0.1, 0.15) is 27.2 Å². The van der Waals surface area contributed by atoms with Crippen molar-refractivity contribution in [1.29, 1.82) is 0 Å². The van der Waals surface area contributed by atoms with Crippen LogP contribution in [-0.4, -0.2) is 24.3 Å². The number of ketones is 1. The van der Waals surface area contributed by atoms with Crippen LogP contribution < -0.4 is 5.11 Å². The van der Waals surface area contributed by atoms with E-state index < -0.39 is 23.8 Å². The summed E-state index contributed by atoms with van der Waals surface area (Å²) < 4.78 is 4.97. The largest absolute Gasteiger partial charge is 0.549 e.